The molecule has 178 valence electrons. The van der Waals surface area contributed by atoms with E-state index in [1.54, 1.807) is 68.4 Å². The average Bonchev–Trinajstić information content (AvgIpc) is 3.09. The number of nitrogens with zero attached hydrogens (tertiary/aromatic N) is 6. The molecular weight excluding hydrogens is 445 g/mol. The van der Waals surface area contributed by atoms with Crippen LogP contribution in [0.15, 0.2) is 24.3 Å². The fourth-order valence-electron chi connectivity index (χ4n) is 3.47. The Kier molecular flexibility index (Phi) is 8.55. The average molecular weight is 480 g/mol. The summed E-state index contributed by atoms with van der Waals surface area (Å²) in [6.45, 7) is 2.06. The zero-order chi connectivity index (χ0) is 23.3. The topological polar surface area (TPSA) is 85.2 Å². The summed E-state index contributed by atoms with van der Waals surface area (Å²) in [5.41, 5.74) is 1.14. The van der Waals surface area contributed by atoms with Crippen molar-refractivity contribution < 1.29 is 22.2 Å². The third-order valence-electron chi connectivity index (χ3n) is 5.08. The van der Waals surface area contributed by atoms with Gasteiger partial charge in [-0.15, -0.1) is 0 Å². The van der Waals surface area contributed by atoms with Gasteiger partial charge in [0.2, 0.25) is 0 Å². The maximum absolute atomic E-state index is 15.3. The Morgan fingerprint density at radius 2 is 1.65 bits per heavy atom. The number of unbranched alkanes of at least 4 members (excludes halogenated alkanes) is 3. The van der Waals surface area contributed by atoms with Crippen molar-refractivity contribution in [1.82, 2.24) is 29.2 Å². The van der Waals surface area contributed by atoms with E-state index in [-0.39, 0.29) is 6.61 Å². The van der Waals surface area contributed by atoms with Gasteiger partial charge >= 0.3 is 184 Å². The molecule has 0 aliphatic heterocycles. The van der Waals surface area contributed by atoms with Crippen LogP contribution in [-0.4, -0.2) is 78.1 Å². The summed E-state index contributed by atoms with van der Waals surface area (Å²) >= 11 is 0. The first-order chi connectivity index (χ1) is 14.5. The van der Waals surface area contributed by atoms with Gasteiger partial charge in [0.1, 0.15) is 0 Å². The van der Waals surface area contributed by atoms with Crippen molar-refractivity contribution in [3.05, 3.63) is 24.3 Å². The molecule has 1 atom stereocenters. The van der Waals surface area contributed by atoms with Gasteiger partial charge in [0.05, 0.1) is 0 Å². The number of halogens is 1. The van der Waals surface area contributed by atoms with Crippen molar-refractivity contribution in [2.45, 2.75) is 32.6 Å². The monoisotopic (exact) mass is 480 g/mol. The van der Waals surface area contributed by atoms with Crippen LogP contribution in [0.5, 0.6) is 0 Å². The van der Waals surface area contributed by atoms with E-state index in [0.29, 0.717) is 17.5 Å². The van der Waals surface area contributed by atoms with Crippen molar-refractivity contribution in [3.8, 4) is 0 Å². The molecule has 10 nitrogen and oxygen atoms in total. The van der Waals surface area contributed by atoms with Gasteiger partial charge < -0.3 is 0 Å². The molecule has 0 radical (unpaired) electrons. The minimum absolute atomic E-state index is 0.0131. The van der Waals surface area contributed by atoms with Crippen LogP contribution in [0.25, 0.3) is 11.0 Å². The zero-order valence-corrected chi connectivity index (χ0v) is 21.2. The number of hydrogen-bond acceptors (Lipinski definition) is 9. The molecule has 0 saturated carbocycles. The molecule has 0 N–H and O–H groups in total. The van der Waals surface area contributed by atoms with Crippen LogP contribution < -0.4 is 4.62 Å². The third kappa shape index (κ3) is 5.09. The van der Waals surface area contributed by atoms with E-state index in [1.165, 1.54) is 4.85 Å². The second-order valence-corrected chi connectivity index (χ2v) is 13.8. The molecule has 0 aliphatic rings. The van der Waals surface area contributed by atoms with Crippen LogP contribution in [0.1, 0.15) is 32.6 Å². The predicted molar refractivity (Wildman–Crippen MR) is 122 cm³/mol. The van der Waals surface area contributed by atoms with Crippen molar-refractivity contribution in [1.29, 1.82) is 0 Å². The van der Waals surface area contributed by atoms with Gasteiger partial charge in [-0.1, -0.05) is 0 Å². The number of benzene rings is 1. The van der Waals surface area contributed by atoms with E-state index < -0.39 is 15.4 Å². The molecule has 0 saturated heterocycles. The summed E-state index contributed by atoms with van der Waals surface area (Å²) in [7, 11) is 0.443. The van der Waals surface area contributed by atoms with E-state index in [4.69, 9.17) is 13.5 Å². The zero-order valence-electron chi connectivity index (χ0n) is 19.4. The molecule has 1 unspecified atom stereocenters. The molecule has 0 aliphatic carbocycles. The molecule has 2 aromatic rings. The summed E-state index contributed by atoms with van der Waals surface area (Å²) in [5, 5.41) is 8.15. The molecule has 0 fully saturated rings. The van der Waals surface area contributed by atoms with Gasteiger partial charge in [0, 0.05) is 0 Å². The standard InChI is InChI=1S/C18H35FN6O4P2/c1-8-9-10-13-16-27-30(19,26)29-31(22(2)3,23(4)5,24(6)7)28-25-18-15-12-11-14-17(18)20-21-25/h11-12,14-15H,8-10,13,16H2,1-7H3. The van der Waals surface area contributed by atoms with Crippen molar-refractivity contribution in [2.24, 2.45) is 0 Å². The van der Waals surface area contributed by atoms with Crippen LogP contribution in [-0.2, 0) is 13.4 Å². The van der Waals surface area contributed by atoms with Gasteiger partial charge in [-0.25, -0.2) is 0 Å². The third-order valence-corrected chi connectivity index (χ3v) is 12.0. The number of aromatic nitrogens is 3. The summed E-state index contributed by atoms with van der Waals surface area (Å²) in [6.07, 6.45) is 3.47. The molecular formula is C18H35FN6O4P2. The summed E-state index contributed by atoms with van der Waals surface area (Å²) in [5.74, 6) is 0. The Morgan fingerprint density at radius 1 is 1.03 bits per heavy atom. The molecule has 1 heterocycles. The Hall–Kier alpha value is -1.19. The SMILES string of the molecule is CCCCCCOP(=O)(F)OP(On1nnc2ccccc21)(N(C)C)(N(C)C)N(C)C. The van der Waals surface area contributed by atoms with Crippen molar-refractivity contribution >= 4 is 26.4 Å². The molecule has 31 heavy (non-hydrogen) atoms. The molecule has 1 aromatic carbocycles. The summed E-state index contributed by atoms with van der Waals surface area (Å²) in [4.78, 5) is 1.18. The first-order valence-electron chi connectivity index (χ1n) is 10.2. The second kappa shape index (κ2) is 10.2. The Balaban J connectivity index is 2.48. The predicted octanol–water partition coefficient (Wildman–Crippen LogP) is 4.36. The van der Waals surface area contributed by atoms with Gasteiger partial charge in [0.25, 0.3) is 0 Å². The summed E-state index contributed by atoms with van der Waals surface area (Å²) in [6, 6.07) is 7.17. The van der Waals surface area contributed by atoms with Crippen LogP contribution in [0.4, 0.5) is 4.20 Å². The van der Waals surface area contributed by atoms with Crippen LogP contribution in [0.3, 0.4) is 0 Å². The molecule has 1 aromatic heterocycles. The molecule has 0 spiro atoms. The molecule has 0 amide bonds. The van der Waals surface area contributed by atoms with Gasteiger partial charge in [-0.2, -0.15) is 0 Å². The first kappa shape index (κ1) is 26.1. The molecule has 2 rings (SSSR count). The molecule has 13 heteroatoms. The molecule has 0 bridgehead atoms. The normalized spacial score (nSPS) is 16.0. The van der Waals surface area contributed by atoms with Crippen molar-refractivity contribution in [2.75, 3.05) is 48.9 Å². The Labute approximate surface area is 184 Å². The van der Waals surface area contributed by atoms with E-state index in [0.717, 1.165) is 19.3 Å². The number of hydrogen-bond donors (Lipinski definition) is 0. The Bertz CT molecular complexity index is 886. The Morgan fingerprint density at radius 3 is 2.23 bits per heavy atom. The van der Waals surface area contributed by atoms with E-state index in [9.17, 15) is 4.57 Å². The van der Waals surface area contributed by atoms with E-state index in [1.807, 2.05) is 12.1 Å². The number of rotatable bonds is 13. The van der Waals surface area contributed by atoms with Gasteiger partial charge in [0.15, 0.2) is 0 Å². The minimum atomic E-state index is -5.02. The maximum atomic E-state index is 15.3. The first-order valence-corrected chi connectivity index (χ1v) is 13.6. The van der Waals surface area contributed by atoms with Gasteiger partial charge in [-0.3, -0.25) is 0 Å². The summed E-state index contributed by atoms with van der Waals surface area (Å²) < 4.78 is 50.2. The van der Waals surface area contributed by atoms with Gasteiger partial charge in [-0.05, 0) is 0 Å². The van der Waals surface area contributed by atoms with Crippen LogP contribution >= 0.6 is 15.4 Å². The number of para-hydroxylation sites is 1. The van der Waals surface area contributed by atoms with E-state index in [2.05, 4.69) is 17.2 Å². The van der Waals surface area contributed by atoms with Crippen molar-refractivity contribution in [3.63, 3.8) is 0 Å². The van der Waals surface area contributed by atoms with Crippen LogP contribution in [0.2, 0.25) is 0 Å². The van der Waals surface area contributed by atoms with Crippen LogP contribution in [0, 0.1) is 0 Å². The fraction of sp³-hybridized carbons (Fsp3) is 0.667. The number of fused-ring (bicyclic) bond motifs is 1. The second-order valence-electron chi connectivity index (χ2n) is 7.81. The quantitative estimate of drug-likeness (QED) is 0.307. The fourth-order valence-corrected chi connectivity index (χ4v) is 10.2. The van der Waals surface area contributed by atoms with E-state index >= 15 is 4.20 Å².